The van der Waals surface area contributed by atoms with Gasteiger partial charge in [-0.2, -0.15) is 0 Å². The summed E-state index contributed by atoms with van der Waals surface area (Å²) in [5.41, 5.74) is 0. The van der Waals surface area contributed by atoms with Crippen molar-refractivity contribution in [3.05, 3.63) is 42.5 Å². The lowest BCUT2D eigenvalue weighted by Gasteiger charge is -2.06. The van der Waals surface area contributed by atoms with Crippen molar-refractivity contribution in [1.82, 2.24) is 0 Å². The molecule has 0 saturated carbocycles. The van der Waals surface area contributed by atoms with Crippen LogP contribution in [0.15, 0.2) is 42.5 Å². The number of carbonyl (C=O) groups is 1. The molecule has 1 radical (unpaired) electrons. The first-order chi connectivity index (χ1) is 7.27. The van der Waals surface area contributed by atoms with Crippen molar-refractivity contribution in [3.63, 3.8) is 0 Å². The van der Waals surface area contributed by atoms with Gasteiger partial charge in [0.1, 0.15) is 5.75 Å². The number of ether oxygens (including phenoxy) is 1. The molecule has 0 aliphatic rings. The summed E-state index contributed by atoms with van der Waals surface area (Å²) < 4.78 is 5.12. The van der Waals surface area contributed by atoms with Crippen LogP contribution < -0.4 is 4.74 Å². The van der Waals surface area contributed by atoms with Crippen LogP contribution in [-0.2, 0) is 9.90 Å². The lowest BCUT2D eigenvalue weighted by Crippen LogP contribution is -2.08. The van der Waals surface area contributed by atoms with Gasteiger partial charge in [-0.25, -0.2) is 9.90 Å². The molecule has 2 aromatic carbocycles. The Morgan fingerprint density at radius 2 is 1.80 bits per heavy atom. The number of benzene rings is 2. The maximum atomic E-state index is 10.3. The Morgan fingerprint density at radius 3 is 2.60 bits per heavy atom. The minimum Gasteiger partial charge on any atom is -0.481 e. The third kappa shape index (κ3) is 2.07. The average molecular weight is 201 g/mol. The van der Waals surface area contributed by atoms with Crippen molar-refractivity contribution in [2.24, 2.45) is 0 Å². The fourth-order valence-electron chi connectivity index (χ4n) is 1.46. The molecule has 2 rings (SSSR count). The number of carbonyl (C=O) groups excluding carboxylic acids is 1. The maximum Gasteiger partial charge on any atom is 0.392 e. The SMILES string of the molecule is [O]C(=O)COc1cccc2ccccc12. The van der Waals surface area contributed by atoms with E-state index in [9.17, 15) is 9.90 Å². The van der Waals surface area contributed by atoms with Gasteiger partial charge in [0.15, 0.2) is 6.61 Å². The molecule has 75 valence electrons. The number of fused-ring (bicyclic) bond motifs is 1. The fraction of sp³-hybridized carbons (Fsp3) is 0.0833. The zero-order valence-corrected chi connectivity index (χ0v) is 7.97. The van der Waals surface area contributed by atoms with E-state index in [1.807, 2.05) is 36.4 Å². The second-order valence-electron chi connectivity index (χ2n) is 3.14. The van der Waals surface area contributed by atoms with E-state index in [1.165, 1.54) is 0 Å². The lowest BCUT2D eigenvalue weighted by molar-refractivity contribution is -0.145. The molecule has 0 saturated heterocycles. The van der Waals surface area contributed by atoms with Gasteiger partial charge < -0.3 is 4.74 Å². The Kier molecular flexibility index (Phi) is 2.54. The molecule has 2 aromatic rings. The molecular formula is C12H9O3. The van der Waals surface area contributed by atoms with Gasteiger partial charge in [-0.3, -0.25) is 0 Å². The summed E-state index contributed by atoms with van der Waals surface area (Å²) in [7, 11) is 0. The van der Waals surface area contributed by atoms with Crippen molar-refractivity contribution >= 4 is 16.7 Å². The molecule has 0 aliphatic heterocycles. The minimum absolute atomic E-state index is 0.423. The fourth-order valence-corrected chi connectivity index (χ4v) is 1.46. The highest BCUT2D eigenvalue weighted by Crippen LogP contribution is 2.24. The van der Waals surface area contributed by atoms with Gasteiger partial charge in [0, 0.05) is 5.39 Å². The highest BCUT2D eigenvalue weighted by atomic mass is 16.5. The van der Waals surface area contributed by atoms with Crippen LogP contribution in [-0.4, -0.2) is 12.6 Å². The predicted octanol–water partition coefficient (Wildman–Crippen LogP) is 2.18. The average Bonchev–Trinajstić information content (AvgIpc) is 2.26. The van der Waals surface area contributed by atoms with Gasteiger partial charge in [0.2, 0.25) is 0 Å². The highest BCUT2D eigenvalue weighted by molar-refractivity contribution is 5.88. The van der Waals surface area contributed by atoms with Gasteiger partial charge in [0.05, 0.1) is 0 Å². The molecule has 0 aromatic heterocycles. The summed E-state index contributed by atoms with van der Waals surface area (Å²) in [6.45, 7) is -0.423. The van der Waals surface area contributed by atoms with Crippen LogP contribution in [0.2, 0.25) is 0 Å². The third-order valence-electron chi connectivity index (χ3n) is 2.10. The molecule has 0 heterocycles. The zero-order chi connectivity index (χ0) is 10.7. The molecule has 0 amide bonds. The molecule has 15 heavy (non-hydrogen) atoms. The predicted molar refractivity (Wildman–Crippen MR) is 55.1 cm³/mol. The maximum absolute atomic E-state index is 10.3. The summed E-state index contributed by atoms with van der Waals surface area (Å²) in [6.07, 6.45) is 0. The topological polar surface area (TPSA) is 46.2 Å². The second-order valence-corrected chi connectivity index (χ2v) is 3.14. The molecule has 0 spiro atoms. The van der Waals surface area contributed by atoms with E-state index in [0.29, 0.717) is 5.75 Å². The van der Waals surface area contributed by atoms with E-state index in [0.717, 1.165) is 10.8 Å². The van der Waals surface area contributed by atoms with Crippen LogP contribution in [0.25, 0.3) is 10.8 Å². The summed E-state index contributed by atoms with van der Waals surface area (Å²) in [6, 6.07) is 13.2. The van der Waals surface area contributed by atoms with Crippen LogP contribution in [0.5, 0.6) is 5.75 Å². The molecular weight excluding hydrogens is 192 g/mol. The first-order valence-corrected chi connectivity index (χ1v) is 4.58. The Balaban J connectivity index is 2.38. The van der Waals surface area contributed by atoms with Crippen LogP contribution in [0.1, 0.15) is 0 Å². The number of hydrogen-bond acceptors (Lipinski definition) is 2. The van der Waals surface area contributed by atoms with Gasteiger partial charge >= 0.3 is 5.97 Å². The number of rotatable bonds is 3. The summed E-state index contributed by atoms with van der Waals surface area (Å²) in [5.74, 6) is -0.653. The van der Waals surface area contributed by atoms with Crippen LogP contribution in [0.4, 0.5) is 0 Å². The molecule has 0 unspecified atom stereocenters. The van der Waals surface area contributed by atoms with Crippen molar-refractivity contribution in [3.8, 4) is 5.75 Å². The Morgan fingerprint density at radius 1 is 1.07 bits per heavy atom. The first-order valence-electron chi connectivity index (χ1n) is 4.58. The van der Waals surface area contributed by atoms with Crippen molar-refractivity contribution in [2.45, 2.75) is 0 Å². The quantitative estimate of drug-likeness (QED) is 0.764. The number of hydrogen-bond donors (Lipinski definition) is 0. The largest absolute Gasteiger partial charge is 0.481 e. The first kappa shape index (κ1) is 9.52. The highest BCUT2D eigenvalue weighted by Gasteiger charge is 2.04. The summed E-state index contributed by atoms with van der Waals surface area (Å²) in [5, 5.41) is 12.2. The smallest absolute Gasteiger partial charge is 0.392 e. The minimum atomic E-state index is -1.22. The Labute approximate surface area is 86.9 Å². The Hall–Kier alpha value is -2.03. The monoisotopic (exact) mass is 201 g/mol. The molecule has 3 heteroatoms. The van der Waals surface area contributed by atoms with Crippen molar-refractivity contribution < 1.29 is 14.6 Å². The van der Waals surface area contributed by atoms with Gasteiger partial charge in [-0.1, -0.05) is 36.4 Å². The van der Waals surface area contributed by atoms with Gasteiger partial charge in [-0.05, 0) is 11.5 Å². The van der Waals surface area contributed by atoms with Crippen LogP contribution in [0.3, 0.4) is 0 Å². The van der Waals surface area contributed by atoms with Crippen LogP contribution >= 0.6 is 0 Å². The zero-order valence-electron chi connectivity index (χ0n) is 7.97. The summed E-state index contributed by atoms with van der Waals surface area (Å²) >= 11 is 0. The van der Waals surface area contributed by atoms with Crippen LogP contribution in [0, 0.1) is 0 Å². The van der Waals surface area contributed by atoms with Gasteiger partial charge in [0.25, 0.3) is 0 Å². The van der Waals surface area contributed by atoms with Crippen molar-refractivity contribution in [2.75, 3.05) is 6.61 Å². The standard InChI is InChI=1S/C12H9O3/c13-12(14)8-15-11-7-3-5-9-4-1-2-6-10(9)11/h1-7H,8H2. The normalized spacial score (nSPS) is 10.1. The lowest BCUT2D eigenvalue weighted by atomic mass is 10.1. The Bertz CT molecular complexity index is 486. The van der Waals surface area contributed by atoms with E-state index in [-0.39, 0.29) is 0 Å². The molecule has 0 atom stereocenters. The third-order valence-corrected chi connectivity index (χ3v) is 2.10. The molecule has 0 aliphatic carbocycles. The molecule has 0 fully saturated rings. The van der Waals surface area contributed by atoms with E-state index in [4.69, 9.17) is 4.74 Å². The molecule has 0 bridgehead atoms. The van der Waals surface area contributed by atoms with Crippen molar-refractivity contribution in [1.29, 1.82) is 0 Å². The van der Waals surface area contributed by atoms with E-state index in [2.05, 4.69) is 0 Å². The second kappa shape index (κ2) is 4.00. The van der Waals surface area contributed by atoms with E-state index < -0.39 is 12.6 Å². The summed E-state index contributed by atoms with van der Waals surface area (Å²) in [4.78, 5) is 10.3. The van der Waals surface area contributed by atoms with Gasteiger partial charge in [-0.15, -0.1) is 0 Å². The van der Waals surface area contributed by atoms with E-state index >= 15 is 0 Å². The van der Waals surface area contributed by atoms with E-state index in [1.54, 1.807) is 6.07 Å². The molecule has 0 N–H and O–H groups in total. The molecule has 3 nitrogen and oxygen atoms in total.